The van der Waals surface area contributed by atoms with Crippen LogP contribution in [0.1, 0.15) is 17.2 Å². The second-order valence-electron chi connectivity index (χ2n) is 3.73. The number of phenols is 1. The molecule has 0 saturated heterocycles. The molecule has 0 fully saturated rings. The summed E-state index contributed by atoms with van der Waals surface area (Å²) in [5, 5.41) is 19.8. The van der Waals surface area contributed by atoms with E-state index in [0.29, 0.717) is 0 Å². The second kappa shape index (κ2) is 5.30. The van der Waals surface area contributed by atoms with Crippen molar-refractivity contribution in [1.82, 2.24) is 0 Å². The molecule has 0 aliphatic carbocycles. The highest BCUT2D eigenvalue weighted by Gasteiger charge is 2.17. The van der Waals surface area contributed by atoms with Crippen LogP contribution in [0.15, 0.2) is 53.4 Å². The van der Waals surface area contributed by atoms with Crippen molar-refractivity contribution in [3.05, 3.63) is 59.7 Å². The standard InChI is InChI=1S/C13H12O4S/c14-11-7-3-1-5-9(11)13(15)10-6-2-4-8-12(10)18(16)17/h1-8,13-15H,(H,16,17)/p-1. The molecule has 2 aromatic carbocycles. The third-order valence-corrected chi connectivity index (χ3v) is 3.36. The summed E-state index contributed by atoms with van der Waals surface area (Å²) in [7, 11) is 0. The van der Waals surface area contributed by atoms with Gasteiger partial charge in [-0.15, -0.1) is 0 Å². The van der Waals surface area contributed by atoms with Crippen molar-refractivity contribution in [2.75, 3.05) is 0 Å². The average molecular weight is 263 g/mol. The van der Waals surface area contributed by atoms with Crippen molar-refractivity contribution in [1.29, 1.82) is 0 Å². The number of aliphatic hydroxyl groups excluding tert-OH is 1. The summed E-state index contributed by atoms with van der Waals surface area (Å²) >= 11 is -2.43. The fraction of sp³-hybridized carbons (Fsp3) is 0.0769. The number of aliphatic hydroxyl groups is 1. The molecule has 0 aliphatic heterocycles. The fourth-order valence-electron chi connectivity index (χ4n) is 1.74. The van der Waals surface area contributed by atoms with Gasteiger partial charge in [-0.3, -0.25) is 4.21 Å². The molecule has 0 aromatic heterocycles. The average Bonchev–Trinajstić information content (AvgIpc) is 2.38. The summed E-state index contributed by atoms with van der Waals surface area (Å²) in [5.74, 6) is -0.0727. The first kappa shape index (κ1) is 12.8. The zero-order valence-electron chi connectivity index (χ0n) is 9.32. The largest absolute Gasteiger partial charge is 0.768 e. The van der Waals surface area contributed by atoms with Gasteiger partial charge in [-0.05, 0) is 23.2 Å². The lowest BCUT2D eigenvalue weighted by Gasteiger charge is -2.17. The van der Waals surface area contributed by atoms with E-state index in [9.17, 15) is 19.0 Å². The monoisotopic (exact) mass is 263 g/mol. The summed E-state index contributed by atoms with van der Waals surface area (Å²) in [4.78, 5) is 0.0215. The highest BCUT2D eigenvalue weighted by molar-refractivity contribution is 7.79. The molecule has 2 N–H and O–H groups in total. The van der Waals surface area contributed by atoms with Crippen LogP contribution in [-0.2, 0) is 11.1 Å². The van der Waals surface area contributed by atoms with Crippen molar-refractivity contribution in [3.63, 3.8) is 0 Å². The highest BCUT2D eigenvalue weighted by Crippen LogP contribution is 2.31. The third-order valence-electron chi connectivity index (χ3n) is 2.62. The first-order chi connectivity index (χ1) is 8.61. The van der Waals surface area contributed by atoms with Crippen LogP contribution < -0.4 is 0 Å². The number of para-hydroxylation sites is 1. The molecule has 18 heavy (non-hydrogen) atoms. The van der Waals surface area contributed by atoms with Crippen LogP contribution in [0.2, 0.25) is 0 Å². The van der Waals surface area contributed by atoms with Gasteiger partial charge in [-0.2, -0.15) is 0 Å². The summed E-state index contributed by atoms with van der Waals surface area (Å²) in [6.07, 6.45) is -1.18. The predicted octanol–water partition coefficient (Wildman–Crippen LogP) is 1.71. The van der Waals surface area contributed by atoms with Gasteiger partial charge in [0.2, 0.25) is 0 Å². The molecule has 0 heterocycles. The highest BCUT2D eigenvalue weighted by atomic mass is 32.2. The molecule has 0 saturated carbocycles. The lowest BCUT2D eigenvalue weighted by atomic mass is 10.0. The Kier molecular flexibility index (Phi) is 3.76. The SMILES string of the molecule is O=S([O-])c1ccccc1C(O)c1ccccc1O. The zero-order valence-corrected chi connectivity index (χ0v) is 10.1. The van der Waals surface area contributed by atoms with Crippen LogP contribution in [0.4, 0.5) is 0 Å². The van der Waals surface area contributed by atoms with E-state index in [4.69, 9.17) is 0 Å². The Hall–Kier alpha value is -1.69. The van der Waals surface area contributed by atoms with Crippen molar-refractivity contribution >= 4 is 11.1 Å². The van der Waals surface area contributed by atoms with Crippen molar-refractivity contribution in [2.24, 2.45) is 0 Å². The van der Waals surface area contributed by atoms with Gasteiger partial charge in [-0.1, -0.05) is 36.4 Å². The van der Waals surface area contributed by atoms with E-state index in [2.05, 4.69) is 0 Å². The zero-order chi connectivity index (χ0) is 13.1. The molecule has 0 bridgehead atoms. The van der Waals surface area contributed by atoms with Crippen molar-refractivity contribution in [2.45, 2.75) is 11.0 Å². The molecular weight excluding hydrogens is 252 g/mol. The van der Waals surface area contributed by atoms with Crippen LogP contribution in [0.5, 0.6) is 5.75 Å². The van der Waals surface area contributed by atoms with E-state index in [0.717, 1.165) is 0 Å². The maximum absolute atomic E-state index is 11.1. The second-order valence-corrected chi connectivity index (χ2v) is 4.64. The Morgan fingerprint density at radius 1 is 1.00 bits per heavy atom. The topological polar surface area (TPSA) is 80.6 Å². The smallest absolute Gasteiger partial charge is 0.121 e. The maximum atomic E-state index is 11.1. The molecule has 2 aromatic rings. The predicted molar refractivity (Wildman–Crippen MR) is 65.8 cm³/mol. The normalized spacial score (nSPS) is 14.1. The van der Waals surface area contributed by atoms with Gasteiger partial charge in [-0.25, -0.2) is 0 Å². The molecular formula is C13H11O4S-. The van der Waals surface area contributed by atoms with Gasteiger partial charge in [0.25, 0.3) is 0 Å². The van der Waals surface area contributed by atoms with Crippen LogP contribution in [-0.4, -0.2) is 19.0 Å². The number of phenolic OH excluding ortho intramolecular Hbond substituents is 1. The summed E-state index contributed by atoms with van der Waals surface area (Å²) in [6, 6.07) is 12.4. The molecule has 0 aliphatic rings. The van der Waals surface area contributed by atoms with Crippen molar-refractivity contribution in [3.8, 4) is 5.75 Å². The Bertz CT molecular complexity index is 583. The Balaban J connectivity index is 2.50. The van der Waals surface area contributed by atoms with Gasteiger partial charge in [0, 0.05) is 16.0 Å². The first-order valence-corrected chi connectivity index (χ1v) is 6.33. The number of benzene rings is 2. The van der Waals surface area contributed by atoms with E-state index in [1.807, 2.05) is 0 Å². The van der Waals surface area contributed by atoms with Crippen LogP contribution in [0, 0.1) is 0 Å². The molecule has 0 spiro atoms. The van der Waals surface area contributed by atoms with Crippen LogP contribution in [0.3, 0.4) is 0 Å². The Morgan fingerprint density at radius 2 is 1.56 bits per heavy atom. The molecule has 0 radical (unpaired) electrons. The maximum Gasteiger partial charge on any atom is 0.121 e. The molecule has 2 atom stereocenters. The molecule has 4 nitrogen and oxygen atoms in total. The van der Waals surface area contributed by atoms with E-state index < -0.39 is 17.2 Å². The number of hydrogen-bond acceptors (Lipinski definition) is 4. The first-order valence-electron chi connectivity index (χ1n) is 5.25. The van der Waals surface area contributed by atoms with E-state index in [1.54, 1.807) is 30.3 Å². The molecule has 5 heteroatoms. The van der Waals surface area contributed by atoms with Gasteiger partial charge in [0.1, 0.15) is 11.9 Å². The van der Waals surface area contributed by atoms with Gasteiger partial charge >= 0.3 is 0 Å². The molecule has 0 amide bonds. The minimum atomic E-state index is -2.43. The van der Waals surface area contributed by atoms with Gasteiger partial charge in [0.15, 0.2) is 0 Å². The van der Waals surface area contributed by atoms with E-state index in [-0.39, 0.29) is 21.8 Å². The minimum absolute atomic E-state index is 0.0215. The fourth-order valence-corrected chi connectivity index (χ4v) is 2.31. The lowest BCUT2D eigenvalue weighted by Crippen LogP contribution is -2.05. The Morgan fingerprint density at radius 3 is 2.17 bits per heavy atom. The molecule has 2 rings (SSSR count). The summed E-state index contributed by atoms with van der Waals surface area (Å²) < 4.78 is 22.1. The van der Waals surface area contributed by atoms with Crippen LogP contribution >= 0.6 is 0 Å². The summed E-state index contributed by atoms with van der Waals surface area (Å²) in [5.41, 5.74) is 0.516. The number of rotatable bonds is 3. The molecule has 94 valence electrons. The quantitative estimate of drug-likeness (QED) is 0.826. The van der Waals surface area contributed by atoms with E-state index >= 15 is 0 Å². The number of hydrogen-bond donors (Lipinski definition) is 2. The number of aromatic hydroxyl groups is 1. The lowest BCUT2D eigenvalue weighted by molar-refractivity contribution is 0.212. The van der Waals surface area contributed by atoms with Crippen molar-refractivity contribution < 1.29 is 19.0 Å². The Labute approximate surface area is 107 Å². The summed E-state index contributed by atoms with van der Waals surface area (Å²) in [6.45, 7) is 0. The van der Waals surface area contributed by atoms with Gasteiger partial charge in [0.05, 0.1) is 0 Å². The molecule has 2 unspecified atom stereocenters. The van der Waals surface area contributed by atoms with E-state index in [1.165, 1.54) is 18.2 Å². The third kappa shape index (κ3) is 2.43. The minimum Gasteiger partial charge on any atom is -0.768 e. The van der Waals surface area contributed by atoms with Gasteiger partial charge < -0.3 is 14.8 Å². The van der Waals surface area contributed by atoms with Crippen LogP contribution in [0.25, 0.3) is 0 Å².